The molecular formula is C12H14N2. The molecule has 0 aromatic heterocycles. The predicted octanol–water partition coefficient (Wildman–Crippen LogP) is 3.13. The van der Waals surface area contributed by atoms with Crippen molar-refractivity contribution in [3.8, 4) is 0 Å². The minimum atomic E-state index is 0.928. The summed E-state index contributed by atoms with van der Waals surface area (Å²) >= 11 is 0. The van der Waals surface area contributed by atoms with E-state index in [1.807, 2.05) is 25.2 Å². The van der Waals surface area contributed by atoms with Crippen LogP contribution < -0.4 is 4.90 Å². The van der Waals surface area contributed by atoms with Crippen LogP contribution in [0.5, 0.6) is 0 Å². The number of rotatable bonds is 1. The van der Waals surface area contributed by atoms with Gasteiger partial charge in [0.25, 0.3) is 0 Å². The molecule has 1 aliphatic heterocycles. The third kappa shape index (κ3) is 1.23. The summed E-state index contributed by atoms with van der Waals surface area (Å²) in [5, 5.41) is 0. The Balaban J connectivity index is 2.57. The molecule has 1 aromatic carbocycles. The highest BCUT2D eigenvalue weighted by Crippen LogP contribution is 2.34. The van der Waals surface area contributed by atoms with Crippen LogP contribution in [0.4, 0.5) is 11.4 Å². The second kappa shape index (κ2) is 3.29. The summed E-state index contributed by atoms with van der Waals surface area (Å²) < 4.78 is 0. The van der Waals surface area contributed by atoms with Gasteiger partial charge in [-0.2, -0.15) is 0 Å². The number of fused-ring (bicyclic) bond motifs is 1. The van der Waals surface area contributed by atoms with E-state index in [0.29, 0.717) is 0 Å². The fourth-order valence-corrected chi connectivity index (χ4v) is 1.67. The molecule has 14 heavy (non-hydrogen) atoms. The van der Waals surface area contributed by atoms with Gasteiger partial charge in [0.15, 0.2) is 0 Å². The minimum absolute atomic E-state index is 0.928. The lowest BCUT2D eigenvalue weighted by molar-refractivity contribution is 1.10. The summed E-state index contributed by atoms with van der Waals surface area (Å²) in [6.07, 6.45) is 0.928. The van der Waals surface area contributed by atoms with Crippen molar-refractivity contribution in [1.82, 2.24) is 0 Å². The monoisotopic (exact) mass is 186 g/mol. The van der Waals surface area contributed by atoms with Crippen LogP contribution in [-0.4, -0.2) is 12.8 Å². The molecule has 2 nitrogen and oxygen atoms in total. The fourth-order valence-electron chi connectivity index (χ4n) is 1.67. The first kappa shape index (κ1) is 9.00. The molecule has 0 N–H and O–H groups in total. The van der Waals surface area contributed by atoms with E-state index in [9.17, 15) is 0 Å². The molecule has 2 rings (SSSR count). The maximum atomic E-state index is 4.57. The van der Waals surface area contributed by atoms with Crippen molar-refractivity contribution in [1.29, 1.82) is 0 Å². The van der Waals surface area contributed by atoms with Crippen molar-refractivity contribution in [3.05, 3.63) is 36.5 Å². The first-order valence-electron chi connectivity index (χ1n) is 4.83. The van der Waals surface area contributed by atoms with Crippen LogP contribution >= 0.6 is 0 Å². The Bertz CT molecular complexity index is 405. The summed E-state index contributed by atoms with van der Waals surface area (Å²) in [4.78, 5) is 6.67. The number of benzene rings is 1. The van der Waals surface area contributed by atoms with Crippen LogP contribution in [0, 0.1) is 0 Å². The Morgan fingerprint density at radius 3 is 2.79 bits per heavy atom. The number of nitrogens with zero attached hydrogens (tertiary/aromatic N) is 2. The Hall–Kier alpha value is -1.57. The van der Waals surface area contributed by atoms with Gasteiger partial charge in [-0.3, -0.25) is 0 Å². The number of hydrogen-bond donors (Lipinski definition) is 0. The number of aliphatic imine (C=N–C) groups is 1. The smallest absolute Gasteiger partial charge is 0.0870 e. The lowest BCUT2D eigenvalue weighted by atomic mass is 10.1. The van der Waals surface area contributed by atoms with E-state index in [1.54, 1.807) is 0 Å². The third-order valence-electron chi connectivity index (χ3n) is 2.57. The molecule has 0 aliphatic carbocycles. The van der Waals surface area contributed by atoms with Gasteiger partial charge >= 0.3 is 0 Å². The van der Waals surface area contributed by atoms with Gasteiger partial charge in [-0.15, -0.1) is 0 Å². The molecule has 1 heterocycles. The SMILES string of the molecule is C=C1C(CC)=Nc2ccccc2N1C. The van der Waals surface area contributed by atoms with E-state index < -0.39 is 0 Å². The maximum Gasteiger partial charge on any atom is 0.0870 e. The molecule has 0 spiro atoms. The van der Waals surface area contributed by atoms with Crippen molar-refractivity contribution in [3.63, 3.8) is 0 Å². The molecule has 2 heteroatoms. The lowest BCUT2D eigenvalue weighted by Crippen LogP contribution is -2.24. The summed E-state index contributed by atoms with van der Waals surface area (Å²) in [5.74, 6) is 0. The van der Waals surface area contributed by atoms with Gasteiger partial charge in [0, 0.05) is 7.05 Å². The number of anilines is 1. The molecule has 1 aliphatic rings. The average molecular weight is 186 g/mol. The van der Waals surface area contributed by atoms with E-state index in [-0.39, 0.29) is 0 Å². The summed E-state index contributed by atoms with van der Waals surface area (Å²) in [6.45, 7) is 6.14. The van der Waals surface area contributed by atoms with Crippen LogP contribution in [0.2, 0.25) is 0 Å². The van der Waals surface area contributed by atoms with Crippen molar-refractivity contribution >= 4 is 17.1 Å². The van der Waals surface area contributed by atoms with Crippen LogP contribution in [0.1, 0.15) is 13.3 Å². The van der Waals surface area contributed by atoms with Crippen LogP contribution in [0.3, 0.4) is 0 Å². The van der Waals surface area contributed by atoms with Crippen LogP contribution in [0.25, 0.3) is 0 Å². The number of para-hydroxylation sites is 2. The van der Waals surface area contributed by atoms with Gasteiger partial charge in [-0.1, -0.05) is 25.6 Å². The first-order valence-corrected chi connectivity index (χ1v) is 4.83. The molecule has 0 atom stereocenters. The highest BCUT2D eigenvalue weighted by Gasteiger charge is 2.18. The molecule has 0 amide bonds. The van der Waals surface area contributed by atoms with Gasteiger partial charge in [0.2, 0.25) is 0 Å². The summed E-state index contributed by atoms with van der Waals surface area (Å²) in [7, 11) is 2.03. The Kier molecular flexibility index (Phi) is 2.12. The van der Waals surface area contributed by atoms with Gasteiger partial charge in [-0.25, -0.2) is 4.99 Å². The normalized spacial score (nSPS) is 15.1. The Labute approximate surface area is 84.6 Å². The van der Waals surface area contributed by atoms with E-state index >= 15 is 0 Å². The molecule has 72 valence electrons. The molecule has 1 aromatic rings. The number of hydrogen-bond acceptors (Lipinski definition) is 2. The zero-order valence-corrected chi connectivity index (χ0v) is 8.62. The van der Waals surface area contributed by atoms with E-state index in [0.717, 1.165) is 29.2 Å². The molecule has 0 fully saturated rings. The van der Waals surface area contributed by atoms with Gasteiger partial charge in [0.1, 0.15) is 0 Å². The standard InChI is InChI=1S/C12H14N2/c1-4-10-9(2)14(3)12-8-6-5-7-11(12)13-10/h5-8H,2,4H2,1,3H3. The number of allylic oxidation sites excluding steroid dienone is 1. The van der Waals surface area contributed by atoms with Crippen LogP contribution in [0.15, 0.2) is 41.5 Å². The quantitative estimate of drug-likeness (QED) is 0.658. The largest absolute Gasteiger partial charge is 0.342 e. The fraction of sp³-hybridized carbons (Fsp3) is 0.250. The molecule has 0 radical (unpaired) electrons. The second-order valence-electron chi connectivity index (χ2n) is 3.41. The van der Waals surface area contributed by atoms with Crippen molar-refractivity contribution in [2.45, 2.75) is 13.3 Å². The summed E-state index contributed by atoms with van der Waals surface area (Å²) in [5.41, 5.74) is 4.26. The van der Waals surface area contributed by atoms with Crippen molar-refractivity contribution in [2.24, 2.45) is 4.99 Å². The van der Waals surface area contributed by atoms with E-state index in [2.05, 4.69) is 29.5 Å². The zero-order chi connectivity index (χ0) is 10.1. The van der Waals surface area contributed by atoms with E-state index in [1.165, 1.54) is 0 Å². The molecule has 0 unspecified atom stereocenters. The molecule has 0 saturated carbocycles. The topological polar surface area (TPSA) is 15.6 Å². The second-order valence-corrected chi connectivity index (χ2v) is 3.41. The van der Waals surface area contributed by atoms with Gasteiger partial charge in [0.05, 0.1) is 22.8 Å². The third-order valence-corrected chi connectivity index (χ3v) is 2.57. The van der Waals surface area contributed by atoms with Crippen molar-refractivity contribution < 1.29 is 0 Å². The van der Waals surface area contributed by atoms with Crippen LogP contribution in [-0.2, 0) is 0 Å². The maximum absolute atomic E-state index is 4.57. The van der Waals surface area contributed by atoms with Gasteiger partial charge < -0.3 is 4.90 Å². The Morgan fingerprint density at radius 2 is 2.07 bits per heavy atom. The summed E-state index contributed by atoms with van der Waals surface area (Å²) in [6, 6.07) is 8.14. The zero-order valence-electron chi connectivity index (χ0n) is 8.62. The highest BCUT2D eigenvalue weighted by atomic mass is 15.2. The first-order chi connectivity index (χ1) is 6.74. The van der Waals surface area contributed by atoms with Crippen molar-refractivity contribution in [2.75, 3.05) is 11.9 Å². The van der Waals surface area contributed by atoms with E-state index in [4.69, 9.17) is 0 Å². The predicted molar refractivity (Wildman–Crippen MR) is 61.4 cm³/mol. The Morgan fingerprint density at radius 1 is 1.36 bits per heavy atom. The average Bonchev–Trinajstić information content (AvgIpc) is 2.23. The lowest BCUT2D eigenvalue weighted by Gasteiger charge is -2.28. The molecule has 0 bridgehead atoms. The highest BCUT2D eigenvalue weighted by molar-refractivity contribution is 6.07. The molecular weight excluding hydrogens is 172 g/mol. The van der Waals surface area contributed by atoms with Gasteiger partial charge in [-0.05, 0) is 18.6 Å². The minimum Gasteiger partial charge on any atom is -0.342 e. The molecule has 0 saturated heterocycles.